The normalized spacial score (nSPS) is 19.2. The number of amides is 1. The number of anilines is 1. The molecule has 2 aliphatic rings. The third-order valence-corrected chi connectivity index (χ3v) is 6.71. The molecular formula is C24H33N5O3. The van der Waals surface area contributed by atoms with Crippen LogP contribution in [0.4, 0.5) is 5.82 Å². The van der Waals surface area contributed by atoms with Crippen LogP contribution in [0.3, 0.4) is 0 Å². The molecule has 4 rings (SSSR count). The Hall–Kier alpha value is -2.71. The molecule has 172 valence electrons. The van der Waals surface area contributed by atoms with E-state index in [1.54, 1.807) is 6.07 Å². The minimum absolute atomic E-state index is 0.111. The summed E-state index contributed by atoms with van der Waals surface area (Å²) in [5, 5.41) is 11.1. The third kappa shape index (κ3) is 5.55. The van der Waals surface area contributed by atoms with E-state index in [-0.39, 0.29) is 24.1 Å². The highest BCUT2D eigenvalue weighted by Crippen LogP contribution is 2.25. The van der Waals surface area contributed by atoms with Crippen molar-refractivity contribution in [2.75, 3.05) is 31.1 Å². The molecule has 2 fully saturated rings. The summed E-state index contributed by atoms with van der Waals surface area (Å²) >= 11 is 0. The predicted octanol–water partition coefficient (Wildman–Crippen LogP) is 1.16. The summed E-state index contributed by atoms with van der Waals surface area (Å²) in [5.41, 5.74) is 5.92. The van der Waals surface area contributed by atoms with E-state index >= 15 is 0 Å². The Bertz CT molecular complexity index is 961. The Labute approximate surface area is 188 Å². The summed E-state index contributed by atoms with van der Waals surface area (Å²) in [6, 6.07) is 11.7. The van der Waals surface area contributed by atoms with Crippen molar-refractivity contribution in [3.63, 3.8) is 0 Å². The number of nitrogens with two attached hydrogens (primary N) is 1. The maximum Gasteiger partial charge on any atom is 0.255 e. The van der Waals surface area contributed by atoms with Crippen LogP contribution in [0.2, 0.25) is 0 Å². The maximum absolute atomic E-state index is 12.7. The molecule has 2 saturated heterocycles. The molecule has 0 saturated carbocycles. The lowest BCUT2D eigenvalue weighted by Gasteiger charge is -2.38. The summed E-state index contributed by atoms with van der Waals surface area (Å²) in [6.45, 7) is 2.79. The number of rotatable bonds is 6. The molecule has 32 heavy (non-hydrogen) atoms. The minimum atomic E-state index is -1.01. The Morgan fingerprint density at radius 1 is 1.12 bits per heavy atom. The van der Waals surface area contributed by atoms with Crippen LogP contribution in [0.1, 0.15) is 37.7 Å². The summed E-state index contributed by atoms with van der Waals surface area (Å²) in [6.07, 6.45) is 5.40. The van der Waals surface area contributed by atoms with Gasteiger partial charge < -0.3 is 20.6 Å². The monoisotopic (exact) mass is 439 g/mol. The SMILES string of the molecule is NC1CCN(c2cc(=O)n(CC3(O)CCN(C(=O)CCc4ccccc4)CC3)cn2)CC1. The molecule has 0 unspecified atom stereocenters. The molecular weight excluding hydrogens is 406 g/mol. The Balaban J connectivity index is 1.29. The number of nitrogens with zero attached hydrogens (tertiary/aromatic N) is 4. The largest absolute Gasteiger partial charge is 0.388 e. The summed E-state index contributed by atoms with van der Waals surface area (Å²) in [5.74, 6) is 0.782. The van der Waals surface area contributed by atoms with Crippen LogP contribution in [-0.2, 0) is 17.8 Å². The van der Waals surface area contributed by atoms with Gasteiger partial charge in [0.25, 0.3) is 5.56 Å². The standard InChI is InChI=1S/C24H33N5O3/c25-20-8-12-27(13-9-20)21-16-23(31)29(18-26-21)17-24(32)10-14-28(15-11-24)22(30)7-6-19-4-2-1-3-5-19/h1-5,16,18,20,32H,6-15,17,25H2. The third-order valence-electron chi connectivity index (χ3n) is 6.71. The van der Waals surface area contributed by atoms with Crippen molar-refractivity contribution in [3.8, 4) is 0 Å². The zero-order valence-corrected chi connectivity index (χ0v) is 18.5. The first-order valence-electron chi connectivity index (χ1n) is 11.5. The van der Waals surface area contributed by atoms with Gasteiger partial charge in [-0.25, -0.2) is 4.98 Å². The lowest BCUT2D eigenvalue weighted by Crippen LogP contribution is -2.49. The predicted molar refractivity (Wildman–Crippen MR) is 123 cm³/mol. The second-order valence-corrected chi connectivity index (χ2v) is 9.13. The number of aromatic nitrogens is 2. The molecule has 1 amide bonds. The van der Waals surface area contributed by atoms with Gasteiger partial charge in [-0.05, 0) is 37.7 Å². The first-order chi connectivity index (χ1) is 15.4. The van der Waals surface area contributed by atoms with Crippen molar-refractivity contribution >= 4 is 11.7 Å². The van der Waals surface area contributed by atoms with E-state index in [4.69, 9.17) is 5.73 Å². The van der Waals surface area contributed by atoms with Gasteiger partial charge >= 0.3 is 0 Å². The fourth-order valence-corrected chi connectivity index (χ4v) is 4.54. The van der Waals surface area contributed by atoms with E-state index in [9.17, 15) is 14.7 Å². The first kappa shape index (κ1) is 22.5. The molecule has 2 aliphatic heterocycles. The van der Waals surface area contributed by atoms with E-state index in [1.807, 2.05) is 35.2 Å². The van der Waals surface area contributed by atoms with Gasteiger partial charge in [0, 0.05) is 44.7 Å². The highest BCUT2D eigenvalue weighted by Gasteiger charge is 2.34. The average molecular weight is 440 g/mol. The highest BCUT2D eigenvalue weighted by molar-refractivity contribution is 5.76. The quantitative estimate of drug-likeness (QED) is 0.700. The molecule has 1 aromatic heterocycles. The van der Waals surface area contributed by atoms with Crippen molar-refractivity contribution in [2.45, 2.75) is 56.7 Å². The molecule has 8 nitrogen and oxygen atoms in total. The van der Waals surface area contributed by atoms with Gasteiger partial charge in [0.05, 0.1) is 18.5 Å². The molecule has 8 heteroatoms. The number of aliphatic hydroxyl groups is 1. The molecule has 0 spiro atoms. The molecule has 0 atom stereocenters. The second kappa shape index (κ2) is 9.83. The van der Waals surface area contributed by atoms with Gasteiger partial charge in [0.2, 0.25) is 5.91 Å². The summed E-state index contributed by atoms with van der Waals surface area (Å²) in [7, 11) is 0. The zero-order chi connectivity index (χ0) is 22.6. The van der Waals surface area contributed by atoms with Gasteiger partial charge in [0.1, 0.15) is 5.82 Å². The van der Waals surface area contributed by atoms with E-state index in [0.717, 1.165) is 37.9 Å². The Kier molecular flexibility index (Phi) is 6.91. The van der Waals surface area contributed by atoms with Gasteiger partial charge in [-0.3, -0.25) is 14.2 Å². The average Bonchev–Trinajstić information content (AvgIpc) is 2.80. The fraction of sp³-hybridized carbons (Fsp3) is 0.542. The second-order valence-electron chi connectivity index (χ2n) is 9.13. The minimum Gasteiger partial charge on any atom is -0.388 e. The zero-order valence-electron chi connectivity index (χ0n) is 18.5. The van der Waals surface area contributed by atoms with Crippen LogP contribution in [-0.4, -0.2) is 63.3 Å². The number of carbonyl (C=O) groups is 1. The summed E-state index contributed by atoms with van der Waals surface area (Å²) < 4.78 is 1.48. The molecule has 0 aliphatic carbocycles. The number of benzene rings is 1. The Morgan fingerprint density at radius 2 is 1.81 bits per heavy atom. The van der Waals surface area contributed by atoms with E-state index in [1.165, 1.54) is 10.9 Å². The van der Waals surface area contributed by atoms with E-state index in [2.05, 4.69) is 9.88 Å². The maximum atomic E-state index is 12.7. The molecule has 3 heterocycles. The van der Waals surface area contributed by atoms with Gasteiger partial charge in [-0.2, -0.15) is 0 Å². The number of hydrogen-bond donors (Lipinski definition) is 2. The molecule has 1 aromatic carbocycles. The van der Waals surface area contributed by atoms with Crippen molar-refractivity contribution in [2.24, 2.45) is 5.73 Å². The van der Waals surface area contributed by atoms with Crippen molar-refractivity contribution in [1.29, 1.82) is 0 Å². The van der Waals surface area contributed by atoms with E-state index < -0.39 is 5.60 Å². The Morgan fingerprint density at radius 3 is 2.47 bits per heavy atom. The van der Waals surface area contributed by atoms with Gasteiger partial charge in [0.15, 0.2) is 0 Å². The number of hydrogen-bond acceptors (Lipinski definition) is 6. The lowest BCUT2D eigenvalue weighted by molar-refractivity contribution is -0.135. The van der Waals surface area contributed by atoms with Crippen LogP contribution < -0.4 is 16.2 Å². The highest BCUT2D eigenvalue weighted by atomic mass is 16.3. The molecule has 0 bridgehead atoms. The number of aryl methyl sites for hydroxylation is 1. The van der Waals surface area contributed by atoms with Crippen LogP contribution in [0.15, 0.2) is 47.5 Å². The van der Waals surface area contributed by atoms with Crippen LogP contribution in [0.5, 0.6) is 0 Å². The number of carbonyl (C=O) groups excluding carboxylic acids is 1. The van der Waals surface area contributed by atoms with Crippen LogP contribution >= 0.6 is 0 Å². The fourth-order valence-electron chi connectivity index (χ4n) is 4.54. The number of likely N-dealkylation sites (tertiary alicyclic amines) is 1. The van der Waals surface area contributed by atoms with Crippen molar-refractivity contribution in [3.05, 3.63) is 58.6 Å². The molecule has 0 radical (unpaired) electrons. The van der Waals surface area contributed by atoms with E-state index in [0.29, 0.717) is 38.2 Å². The first-order valence-corrected chi connectivity index (χ1v) is 11.5. The van der Waals surface area contributed by atoms with Crippen LogP contribution in [0, 0.1) is 0 Å². The smallest absolute Gasteiger partial charge is 0.255 e. The van der Waals surface area contributed by atoms with Gasteiger partial charge in [-0.1, -0.05) is 30.3 Å². The van der Waals surface area contributed by atoms with Crippen LogP contribution in [0.25, 0.3) is 0 Å². The molecule has 2 aromatic rings. The topological polar surface area (TPSA) is 105 Å². The molecule has 3 N–H and O–H groups in total. The number of piperidine rings is 2. The summed E-state index contributed by atoms with van der Waals surface area (Å²) in [4.78, 5) is 33.6. The van der Waals surface area contributed by atoms with Gasteiger partial charge in [-0.15, -0.1) is 0 Å². The lowest BCUT2D eigenvalue weighted by atomic mass is 9.91. The van der Waals surface area contributed by atoms with Crippen molar-refractivity contribution < 1.29 is 9.90 Å². The van der Waals surface area contributed by atoms with Crippen molar-refractivity contribution in [1.82, 2.24) is 14.5 Å².